The van der Waals surface area contributed by atoms with E-state index in [1.165, 1.54) is 37.7 Å². The average Bonchev–Trinajstić information content (AvgIpc) is 2.82. The molecule has 2 heteroatoms. The second-order valence-corrected chi connectivity index (χ2v) is 4.89. The van der Waals surface area contributed by atoms with E-state index < -0.39 is 0 Å². The molecule has 1 aromatic heterocycles. The normalized spacial score (nSPS) is 21.0. The van der Waals surface area contributed by atoms with Crippen molar-refractivity contribution in [2.45, 2.75) is 39.0 Å². The summed E-state index contributed by atoms with van der Waals surface area (Å²) in [5.41, 5.74) is 7.60. The lowest BCUT2D eigenvalue weighted by molar-refractivity contribution is 0.250. The number of hydrogen-bond acceptors (Lipinski definition) is 2. The Bertz CT molecular complexity index is 345. The van der Waals surface area contributed by atoms with Gasteiger partial charge in [0.1, 0.15) is 5.76 Å². The van der Waals surface area contributed by atoms with Crippen molar-refractivity contribution in [3.63, 3.8) is 0 Å². The van der Waals surface area contributed by atoms with Crippen LogP contribution >= 0.6 is 0 Å². The fourth-order valence-corrected chi connectivity index (χ4v) is 2.73. The first-order chi connectivity index (χ1) is 7.77. The highest BCUT2D eigenvalue weighted by molar-refractivity contribution is 5.48. The fourth-order valence-electron chi connectivity index (χ4n) is 2.73. The lowest BCUT2D eigenvalue weighted by Gasteiger charge is -2.37. The molecule has 88 valence electrons. The zero-order valence-electron chi connectivity index (χ0n) is 10.0. The molecule has 2 nitrogen and oxygen atoms in total. The predicted molar refractivity (Wildman–Crippen MR) is 66.9 cm³/mol. The smallest absolute Gasteiger partial charge is 0.126 e. The molecule has 0 atom stereocenters. The van der Waals surface area contributed by atoms with Crippen molar-refractivity contribution in [2.24, 2.45) is 11.1 Å². The molecule has 0 aliphatic heterocycles. The monoisotopic (exact) mass is 219 g/mol. The number of furan rings is 1. The van der Waals surface area contributed by atoms with Gasteiger partial charge in [-0.25, -0.2) is 0 Å². The van der Waals surface area contributed by atoms with Gasteiger partial charge in [0.2, 0.25) is 0 Å². The third kappa shape index (κ3) is 2.22. The second-order valence-electron chi connectivity index (χ2n) is 4.89. The Balaban J connectivity index is 2.20. The molecule has 1 fully saturated rings. The van der Waals surface area contributed by atoms with Crippen molar-refractivity contribution in [3.05, 3.63) is 29.7 Å². The molecular weight excluding hydrogens is 198 g/mol. The summed E-state index contributed by atoms with van der Waals surface area (Å²) in [6, 6.07) is 3.92. The van der Waals surface area contributed by atoms with Crippen molar-refractivity contribution in [1.82, 2.24) is 0 Å². The first-order valence-electron chi connectivity index (χ1n) is 6.19. The minimum Gasteiger partial charge on any atom is -0.465 e. The van der Waals surface area contributed by atoms with Crippen LogP contribution < -0.4 is 5.73 Å². The molecule has 2 rings (SSSR count). The highest BCUT2D eigenvalue weighted by Crippen LogP contribution is 2.42. The van der Waals surface area contributed by atoms with Gasteiger partial charge in [0.05, 0.1) is 6.26 Å². The molecule has 1 aliphatic carbocycles. The molecule has 0 saturated heterocycles. The van der Waals surface area contributed by atoms with Crippen LogP contribution in [0.5, 0.6) is 0 Å². The maximum atomic E-state index is 6.00. The fraction of sp³-hybridized carbons (Fsp3) is 0.571. The molecule has 2 N–H and O–H groups in total. The summed E-state index contributed by atoms with van der Waals surface area (Å²) in [5, 5.41) is 0. The van der Waals surface area contributed by atoms with Crippen molar-refractivity contribution < 1.29 is 4.42 Å². The summed E-state index contributed by atoms with van der Waals surface area (Å²) in [4.78, 5) is 0. The van der Waals surface area contributed by atoms with Crippen molar-refractivity contribution in [1.29, 1.82) is 0 Å². The largest absolute Gasteiger partial charge is 0.465 e. The summed E-state index contributed by atoms with van der Waals surface area (Å²) >= 11 is 0. The van der Waals surface area contributed by atoms with Gasteiger partial charge in [0.25, 0.3) is 0 Å². The van der Waals surface area contributed by atoms with Gasteiger partial charge in [0.15, 0.2) is 0 Å². The van der Waals surface area contributed by atoms with E-state index in [0.29, 0.717) is 0 Å². The Morgan fingerprint density at radius 1 is 1.44 bits per heavy atom. The van der Waals surface area contributed by atoms with E-state index in [2.05, 4.69) is 13.0 Å². The number of hydrogen-bond donors (Lipinski definition) is 1. The van der Waals surface area contributed by atoms with Crippen LogP contribution in [0.2, 0.25) is 0 Å². The predicted octanol–water partition coefficient (Wildman–Crippen LogP) is 3.59. The number of nitrogens with two attached hydrogens (primary N) is 1. The molecule has 0 bridgehead atoms. The highest BCUT2D eigenvalue weighted by Gasteiger charge is 2.32. The molecule has 1 aromatic rings. The first-order valence-corrected chi connectivity index (χ1v) is 6.19. The zero-order valence-corrected chi connectivity index (χ0v) is 10.0. The number of rotatable bonds is 3. The van der Waals surface area contributed by atoms with Crippen LogP contribution in [0.4, 0.5) is 0 Å². The van der Waals surface area contributed by atoms with Crippen molar-refractivity contribution >= 4 is 6.08 Å². The van der Waals surface area contributed by atoms with Gasteiger partial charge in [0, 0.05) is 12.0 Å². The molecule has 16 heavy (non-hydrogen) atoms. The quantitative estimate of drug-likeness (QED) is 0.843. The van der Waals surface area contributed by atoms with Crippen LogP contribution in [0.15, 0.2) is 28.4 Å². The van der Waals surface area contributed by atoms with Gasteiger partial charge in [-0.2, -0.15) is 0 Å². The van der Waals surface area contributed by atoms with Crippen LogP contribution in [0, 0.1) is 5.41 Å². The second kappa shape index (κ2) is 4.88. The van der Waals surface area contributed by atoms with Gasteiger partial charge >= 0.3 is 0 Å². The van der Waals surface area contributed by atoms with Crippen molar-refractivity contribution in [2.75, 3.05) is 6.54 Å². The third-order valence-corrected chi connectivity index (χ3v) is 3.94. The first kappa shape index (κ1) is 11.5. The van der Waals surface area contributed by atoms with Crippen LogP contribution in [0.1, 0.15) is 44.8 Å². The Hall–Kier alpha value is -1.02. The summed E-state index contributed by atoms with van der Waals surface area (Å²) in [7, 11) is 0. The third-order valence-electron chi connectivity index (χ3n) is 3.94. The van der Waals surface area contributed by atoms with E-state index in [0.717, 1.165) is 12.3 Å². The minimum absolute atomic E-state index is 0.227. The van der Waals surface area contributed by atoms with Gasteiger partial charge in [-0.1, -0.05) is 24.8 Å². The summed E-state index contributed by atoms with van der Waals surface area (Å²) in [5.74, 6) is 0.941. The molecule has 0 unspecified atom stereocenters. The van der Waals surface area contributed by atoms with Gasteiger partial charge in [-0.05, 0) is 38.0 Å². The van der Waals surface area contributed by atoms with Crippen LogP contribution in [-0.4, -0.2) is 6.54 Å². The molecule has 1 heterocycles. The lowest BCUT2D eigenvalue weighted by Crippen LogP contribution is -2.33. The van der Waals surface area contributed by atoms with Crippen LogP contribution in [0.25, 0.3) is 6.08 Å². The molecule has 0 radical (unpaired) electrons. The maximum absolute atomic E-state index is 6.00. The average molecular weight is 219 g/mol. The topological polar surface area (TPSA) is 39.2 Å². The van der Waals surface area contributed by atoms with Crippen LogP contribution in [-0.2, 0) is 0 Å². The van der Waals surface area contributed by atoms with E-state index in [-0.39, 0.29) is 5.41 Å². The summed E-state index contributed by atoms with van der Waals surface area (Å²) in [6.07, 6.45) is 10.3. The molecule has 0 spiro atoms. The van der Waals surface area contributed by atoms with E-state index in [9.17, 15) is 0 Å². The Labute approximate surface area is 97.5 Å². The Morgan fingerprint density at radius 3 is 2.75 bits per heavy atom. The zero-order chi connectivity index (χ0) is 11.4. The maximum Gasteiger partial charge on any atom is 0.126 e. The SMILES string of the molecule is C/C(=C/c1ccco1)C1(CN)CCCCC1. The van der Waals surface area contributed by atoms with E-state index in [1.807, 2.05) is 12.1 Å². The van der Waals surface area contributed by atoms with Crippen molar-refractivity contribution in [3.8, 4) is 0 Å². The van der Waals surface area contributed by atoms with E-state index in [4.69, 9.17) is 10.2 Å². The van der Waals surface area contributed by atoms with Gasteiger partial charge in [-0.3, -0.25) is 0 Å². The van der Waals surface area contributed by atoms with Crippen LogP contribution in [0.3, 0.4) is 0 Å². The lowest BCUT2D eigenvalue weighted by atomic mass is 9.69. The molecular formula is C14H21NO. The Kier molecular flexibility index (Phi) is 3.49. The highest BCUT2D eigenvalue weighted by atomic mass is 16.3. The summed E-state index contributed by atoms with van der Waals surface area (Å²) in [6.45, 7) is 2.96. The minimum atomic E-state index is 0.227. The molecule has 1 aliphatic rings. The Morgan fingerprint density at radius 2 is 2.19 bits per heavy atom. The molecule has 0 amide bonds. The standard InChI is InChI=1S/C14H21NO/c1-12(10-13-6-5-9-16-13)14(11-15)7-3-2-4-8-14/h5-6,9-10H,2-4,7-8,11,15H2,1H3/b12-10-. The molecule has 1 saturated carbocycles. The summed E-state index contributed by atoms with van der Waals surface area (Å²) < 4.78 is 5.37. The molecule has 0 aromatic carbocycles. The van der Waals surface area contributed by atoms with E-state index in [1.54, 1.807) is 6.26 Å². The van der Waals surface area contributed by atoms with E-state index >= 15 is 0 Å². The van der Waals surface area contributed by atoms with Gasteiger partial charge in [-0.15, -0.1) is 0 Å². The van der Waals surface area contributed by atoms with Gasteiger partial charge < -0.3 is 10.2 Å².